The second-order valence-corrected chi connectivity index (χ2v) is 7.44. The van der Waals surface area contributed by atoms with E-state index in [-0.39, 0.29) is 5.91 Å². The number of aliphatic hydroxyl groups excluding tert-OH is 1. The smallest absolute Gasteiger partial charge is 0.325 e. The van der Waals surface area contributed by atoms with E-state index in [0.29, 0.717) is 17.5 Å². The summed E-state index contributed by atoms with van der Waals surface area (Å²) >= 11 is 1.40. The van der Waals surface area contributed by atoms with Crippen LogP contribution in [0, 0.1) is 6.92 Å². The van der Waals surface area contributed by atoms with Crippen LogP contribution in [0.2, 0.25) is 0 Å². The Balaban J connectivity index is 1.88. The average Bonchev–Trinajstić information content (AvgIpc) is 2.92. The number of nitrogens with one attached hydrogen (secondary N) is 1. The molecule has 1 aromatic carbocycles. The number of likely N-dealkylation sites (N-methyl/N-ethyl adjacent to an activating group) is 1. The highest BCUT2D eigenvalue weighted by Crippen LogP contribution is 2.30. The van der Waals surface area contributed by atoms with Gasteiger partial charge < -0.3 is 14.9 Å². The number of thioether (sulfide) groups is 1. The van der Waals surface area contributed by atoms with Gasteiger partial charge in [0, 0.05) is 19.3 Å². The van der Waals surface area contributed by atoms with Gasteiger partial charge in [-0.05, 0) is 19.4 Å². The number of benzene rings is 1. The van der Waals surface area contributed by atoms with Crippen LogP contribution in [0.25, 0.3) is 0 Å². The van der Waals surface area contributed by atoms with Crippen molar-refractivity contribution in [3.63, 3.8) is 0 Å². The summed E-state index contributed by atoms with van der Waals surface area (Å²) in [6.07, 6.45) is -1.02. The number of hydrogen-bond acceptors (Lipinski definition) is 6. The first kappa shape index (κ1) is 17.8. The summed E-state index contributed by atoms with van der Waals surface area (Å²) in [6.45, 7) is 4.25. The van der Waals surface area contributed by atoms with Gasteiger partial charge in [0.1, 0.15) is 0 Å². The predicted octanol–water partition coefficient (Wildman–Crippen LogP) is 1.16. The lowest BCUT2D eigenvalue weighted by Gasteiger charge is -2.36. The third-order valence-electron chi connectivity index (χ3n) is 4.25. The zero-order valence-electron chi connectivity index (χ0n) is 14.5. The first-order valence-electron chi connectivity index (χ1n) is 8.15. The lowest BCUT2D eigenvalue weighted by Crippen LogP contribution is -2.63. The van der Waals surface area contributed by atoms with Crippen LogP contribution in [-0.4, -0.2) is 63.1 Å². The molecule has 1 saturated heterocycles. The number of amidine groups is 1. The minimum Gasteiger partial charge on any atom is -0.393 e. The molecule has 0 bridgehead atoms. The quantitative estimate of drug-likeness (QED) is 0.839. The first-order valence-corrected chi connectivity index (χ1v) is 9.14. The number of imide groups is 1. The van der Waals surface area contributed by atoms with Gasteiger partial charge in [-0.2, -0.15) is 0 Å². The molecule has 2 aliphatic heterocycles. The number of hydrogen-bond donors (Lipinski definition) is 2. The van der Waals surface area contributed by atoms with Crippen LogP contribution < -0.4 is 5.32 Å². The molecular formula is C17H22N4O3S. The molecule has 0 radical (unpaired) electrons. The molecule has 3 amide bonds. The molecule has 3 atom stereocenters. The minimum atomic E-state index is -0.555. The molecular weight excluding hydrogens is 340 g/mol. The van der Waals surface area contributed by atoms with Gasteiger partial charge in [0.15, 0.2) is 17.4 Å². The Morgan fingerprint density at radius 3 is 2.64 bits per heavy atom. The molecule has 3 rings (SSSR count). The van der Waals surface area contributed by atoms with Gasteiger partial charge in [0.05, 0.1) is 6.10 Å². The zero-order valence-corrected chi connectivity index (χ0v) is 15.3. The molecule has 1 aromatic rings. The fraction of sp³-hybridized carbons (Fsp3) is 0.471. The number of fused-ring (bicyclic) bond motifs is 1. The number of rotatable bonds is 4. The summed E-state index contributed by atoms with van der Waals surface area (Å²) in [5, 5.41) is 12.6. The second-order valence-electron chi connectivity index (χ2n) is 6.45. The van der Waals surface area contributed by atoms with Crippen LogP contribution in [-0.2, 0) is 11.3 Å². The Morgan fingerprint density at radius 1 is 1.32 bits per heavy atom. The maximum absolute atomic E-state index is 12.4. The Bertz CT molecular complexity index is 704. The van der Waals surface area contributed by atoms with Crippen LogP contribution >= 0.6 is 11.8 Å². The summed E-state index contributed by atoms with van der Waals surface area (Å²) in [4.78, 5) is 32.3. The molecule has 2 aliphatic rings. The fourth-order valence-electron chi connectivity index (χ4n) is 2.87. The highest BCUT2D eigenvalue weighted by Gasteiger charge is 2.48. The summed E-state index contributed by atoms with van der Waals surface area (Å²) in [5.74, 6) is 0.138. The fourth-order valence-corrected chi connectivity index (χ4v) is 3.79. The van der Waals surface area contributed by atoms with Crippen LogP contribution in [0.1, 0.15) is 18.1 Å². The number of carbonyl (C=O) groups excluding carboxylic acids is 2. The number of aryl methyl sites for hydroxylation is 1. The van der Waals surface area contributed by atoms with E-state index in [1.54, 1.807) is 14.0 Å². The van der Waals surface area contributed by atoms with Crippen molar-refractivity contribution in [2.24, 2.45) is 4.99 Å². The monoisotopic (exact) mass is 362 g/mol. The van der Waals surface area contributed by atoms with E-state index in [9.17, 15) is 14.7 Å². The maximum Gasteiger partial charge on any atom is 0.325 e. The molecule has 0 aromatic heterocycles. The van der Waals surface area contributed by atoms with Crippen molar-refractivity contribution in [2.75, 3.05) is 12.8 Å². The normalized spacial score (nSPS) is 24.1. The van der Waals surface area contributed by atoms with Crippen LogP contribution in [0.15, 0.2) is 29.3 Å². The molecule has 2 N–H and O–H groups in total. The molecule has 134 valence electrons. The number of carbonyl (C=O) groups is 2. The Labute approximate surface area is 151 Å². The van der Waals surface area contributed by atoms with E-state index in [0.717, 1.165) is 5.56 Å². The summed E-state index contributed by atoms with van der Waals surface area (Å²) < 4.78 is 0. The zero-order chi connectivity index (χ0) is 18.1. The topological polar surface area (TPSA) is 85.2 Å². The van der Waals surface area contributed by atoms with Crippen molar-refractivity contribution >= 4 is 28.9 Å². The van der Waals surface area contributed by atoms with Crippen molar-refractivity contribution in [1.82, 2.24) is 15.1 Å². The molecule has 7 nitrogen and oxygen atoms in total. The summed E-state index contributed by atoms with van der Waals surface area (Å²) in [5.41, 5.74) is 2.23. The van der Waals surface area contributed by atoms with Gasteiger partial charge >= 0.3 is 6.03 Å². The third-order valence-corrected chi connectivity index (χ3v) is 5.50. The first-order chi connectivity index (χ1) is 11.9. The average molecular weight is 362 g/mol. The van der Waals surface area contributed by atoms with Gasteiger partial charge in [-0.3, -0.25) is 10.1 Å². The van der Waals surface area contributed by atoms with Crippen molar-refractivity contribution in [3.8, 4) is 0 Å². The van der Waals surface area contributed by atoms with E-state index in [4.69, 9.17) is 0 Å². The SMILES string of the molecule is Cc1ccc(CN2C(SCC(C)O)=NC3C2C(=O)NC(=O)N3C)cc1. The van der Waals surface area contributed by atoms with Crippen molar-refractivity contribution in [3.05, 3.63) is 35.4 Å². The van der Waals surface area contributed by atoms with E-state index in [2.05, 4.69) is 10.3 Å². The Kier molecular flexibility index (Phi) is 5.01. The summed E-state index contributed by atoms with van der Waals surface area (Å²) in [7, 11) is 1.63. The van der Waals surface area contributed by atoms with Crippen molar-refractivity contribution in [1.29, 1.82) is 0 Å². The van der Waals surface area contributed by atoms with Crippen molar-refractivity contribution < 1.29 is 14.7 Å². The van der Waals surface area contributed by atoms with Gasteiger partial charge in [-0.15, -0.1) is 0 Å². The third kappa shape index (κ3) is 3.64. The van der Waals surface area contributed by atoms with E-state index < -0.39 is 24.3 Å². The molecule has 1 fully saturated rings. The Hall–Kier alpha value is -2.06. The molecule has 8 heteroatoms. The largest absolute Gasteiger partial charge is 0.393 e. The molecule has 3 unspecified atom stereocenters. The lowest BCUT2D eigenvalue weighted by atomic mass is 10.1. The van der Waals surface area contributed by atoms with Gasteiger partial charge in [0.2, 0.25) is 0 Å². The number of aliphatic hydroxyl groups is 1. The lowest BCUT2D eigenvalue weighted by molar-refractivity contribution is -0.127. The minimum absolute atomic E-state index is 0.336. The van der Waals surface area contributed by atoms with Crippen LogP contribution in [0.4, 0.5) is 4.79 Å². The summed E-state index contributed by atoms with van der Waals surface area (Å²) in [6, 6.07) is 7.11. The molecule has 0 saturated carbocycles. The van der Waals surface area contributed by atoms with Crippen molar-refractivity contribution in [2.45, 2.75) is 38.7 Å². The number of nitrogens with zero attached hydrogens (tertiary/aromatic N) is 3. The molecule has 0 spiro atoms. The number of urea groups is 1. The highest BCUT2D eigenvalue weighted by atomic mass is 32.2. The van der Waals surface area contributed by atoms with Crippen LogP contribution in [0.5, 0.6) is 0 Å². The molecule has 25 heavy (non-hydrogen) atoms. The van der Waals surface area contributed by atoms with E-state index in [1.165, 1.54) is 22.2 Å². The predicted molar refractivity (Wildman–Crippen MR) is 97.2 cm³/mol. The highest BCUT2D eigenvalue weighted by molar-refractivity contribution is 8.13. The second kappa shape index (κ2) is 7.05. The molecule has 0 aliphatic carbocycles. The van der Waals surface area contributed by atoms with Gasteiger partial charge in [-0.1, -0.05) is 41.6 Å². The van der Waals surface area contributed by atoms with E-state index >= 15 is 0 Å². The van der Waals surface area contributed by atoms with E-state index in [1.807, 2.05) is 36.1 Å². The standard InChI is InChI=1S/C17H22N4O3S/c1-10-4-6-12(7-5-10)8-21-13-14(18-17(21)25-9-11(2)22)20(3)16(24)19-15(13)23/h4-7,11,13-14,22H,8-9H2,1-3H3,(H,19,23,24). The van der Waals surface area contributed by atoms with Gasteiger partial charge in [0.25, 0.3) is 5.91 Å². The Morgan fingerprint density at radius 2 is 2.00 bits per heavy atom. The maximum atomic E-state index is 12.4. The molecule has 2 heterocycles. The van der Waals surface area contributed by atoms with Gasteiger partial charge in [-0.25, -0.2) is 9.79 Å². The van der Waals surface area contributed by atoms with Crippen LogP contribution in [0.3, 0.4) is 0 Å². The number of amides is 3. The number of aliphatic imine (C=N–C) groups is 1.